The van der Waals surface area contributed by atoms with Crippen LogP contribution in [-0.4, -0.2) is 60.3 Å². The van der Waals surface area contributed by atoms with Crippen molar-refractivity contribution in [3.63, 3.8) is 0 Å². The van der Waals surface area contributed by atoms with E-state index in [0.29, 0.717) is 16.9 Å². The van der Waals surface area contributed by atoms with E-state index < -0.39 is 17.2 Å². The fourth-order valence-corrected chi connectivity index (χ4v) is 6.26. The van der Waals surface area contributed by atoms with Crippen LogP contribution in [0.2, 0.25) is 0 Å². The predicted molar refractivity (Wildman–Crippen MR) is 238 cm³/mol. The highest BCUT2D eigenvalue weighted by molar-refractivity contribution is 7.22. The highest BCUT2D eigenvalue weighted by atomic mass is 32.1. The van der Waals surface area contributed by atoms with E-state index in [1.165, 1.54) is 0 Å². The molecule has 0 bridgehead atoms. The molecule has 5 aromatic rings. The molecular formula is C47H57N3O8S. The third-order valence-corrected chi connectivity index (χ3v) is 10.6. The van der Waals surface area contributed by atoms with E-state index in [1.807, 2.05) is 110 Å². The molecule has 314 valence electrons. The molecule has 1 atom stereocenters. The van der Waals surface area contributed by atoms with Crippen LogP contribution in [0.15, 0.2) is 109 Å². The van der Waals surface area contributed by atoms with Crippen LogP contribution in [0.25, 0.3) is 10.2 Å². The Morgan fingerprint density at radius 2 is 1.37 bits per heavy atom. The number of nitrogens with one attached hydrogen (secondary N) is 1. The predicted octanol–water partition coefficient (Wildman–Crippen LogP) is 11.0. The monoisotopic (exact) mass is 823 g/mol. The number of hydrazone groups is 1. The minimum atomic E-state index is -0.711. The first-order valence-corrected chi connectivity index (χ1v) is 19.9. The maximum Gasteiger partial charge on any atom is 0.330 e. The molecular weight excluding hydrogens is 767 g/mol. The summed E-state index contributed by atoms with van der Waals surface area (Å²) in [5.74, 6) is 2.43. The van der Waals surface area contributed by atoms with Crippen molar-refractivity contribution in [2.45, 2.75) is 85.5 Å². The zero-order valence-corrected chi connectivity index (χ0v) is 36.8. The van der Waals surface area contributed by atoms with Crippen LogP contribution in [-0.2, 0) is 9.53 Å². The van der Waals surface area contributed by atoms with Gasteiger partial charge in [-0.2, -0.15) is 5.10 Å². The second-order valence-electron chi connectivity index (χ2n) is 15.1. The van der Waals surface area contributed by atoms with Crippen molar-refractivity contribution in [2.75, 3.05) is 19.6 Å². The van der Waals surface area contributed by atoms with E-state index in [0.717, 1.165) is 68.9 Å². The fourth-order valence-electron chi connectivity index (χ4n) is 5.45. The zero-order chi connectivity index (χ0) is 43.8. The van der Waals surface area contributed by atoms with Crippen molar-refractivity contribution >= 4 is 50.9 Å². The minimum absolute atomic E-state index is 0.0883. The van der Waals surface area contributed by atoms with Crippen molar-refractivity contribution in [3.8, 4) is 23.0 Å². The molecule has 0 radical (unpaired) electrons. The smallest absolute Gasteiger partial charge is 0.330 e. The van der Waals surface area contributed by atoms with Crippen molar-refractivity contribution in [1.29, 1.82) is 0 Å². The average molecular weight is 824 g/mol. The van der Waals surface area contributed by atoms with Crippen LogP contribution in [0.4, 0.5) is 5.13 Å². The number of benzene rings is 4. The maximum atomic E-state index is 11.5. The Morgan fingerprint density at radius 3 is 1.88 bits per heavy atom. The Labute approximate surface area is 352 Å². The van der Waals surface area contributed by atoms with E-state index in [4.69, 9.17) is 23.7 Å². The number of methoxy groups -OCH3 is 2. The van der Waals surface area contributed by atoms with Crippen LogP contribution < -0.4 is 24.4 Å². The number of carbonyl (C=O) groups excluding carboxylic acids is 3. The van der Waals surface area contributed by atoms with E-state index in [2.05, 4.69) is 29.0 Å². The van der Waals surface area contributed by atoms with Gasteiger partial charge in [0.1, 0.15) is 52.4 Å². The fraction of sp³-hybridized carbons (Fsp3) is 0.340. The van der Waals surface area contributed by atoms with Gasteiger partial charge in [-0.05, 0) is 134 Å². The van der Waals surface area contributed by atoms with Crippen LogP contribution in [0.1, 0.15) is 95.0 Å². The molecule has 1 unspecified atom stereocenters. The number of ether oxygens (including phenoxy) is 5. The number of esters is 1. The summed E-state index contributed by atoms with van der Waals surface area (Å²) in [6.07, 6.45) is 3.72. The van der Waals surface area contributed by atoms with Gasteiger partial charge >= 0.3 is 5.97 Å². The number of aromatic nitrogens is 1. The average Bonchev–Trinajstić information content (AvgIpc) is 3.66. The largest absolute Gasteiger partial charge is 0.497 e. The second kappa shape index (κ2) is 21.7. The van der Waals surface area contributed by atoms with Gasteiger partial charge in [-0.15, -0.1) is 0 Å². The molecule has 0 aliphatic rings. The van der Waals surface area contributed by atoms with E-state index in [-0.39, 0.29) is 11.5 Å². The molecule has 0 aliphatic heterocycles. The summed E-state index contributed by atoms with van der Waals surface area (Å²) in [4.78, 5) is 37.1. The number of nitrogens with zero attached hydrogens (tertiary/aromatic N) is 2. The van der Waals surface area contributed by atoms with Crippen molar-refractivity contribution in [2.24, 2.45) is 11.0 Å². The molecule has 4 aromatic carbocycles. The first-order valence-electron chi connectivity index (χ1n) is 19.1. The van der Waals surface area contributed by atoms with E-state index >= 15 is 0 Å². The minimum Gasteiger partial charge on any atom is -0.497 e. The molecule has 11 nitrogen and oxygen atoms in total. The Morgan fingerprint density at radius 1 is 0.814 bits per heavy atom. The zero-order valence-electron chi connectivity index (χ0n) is 36.0. The van der Waals surface area contributed by atoms with Gasteiger partial charge in [-0.25, -0.2) is 9.78 Å². The van der Waals surface area contributed by atoms with Crippen LogP contribution in [0.3, 0.4) is 0 Å². The Balaban J connectivity index is 0.000000244. The molecule has 0 saturated heterocycles. The highest BCUT2D eigenvalue weighted by Crippen LogP contribution is 2.35. The number of anilines is 1. The van der Waals surface area contributed by atoms with Gasteiger partial charge < -0.3 is 23.7 Å². The molecule has 1 heterocycles. The lowest BCUT2D eigenvalue weighted by Gasteiger charge is -2.41. The number of fused-ring (bicyclic) bond motifs is 1. The van der Waals surface area contributed by atoms with E-state index in [1.54, 1.807) is 62.0 Å². The first kappa shape index (κ1) is 47.4. The molecule has 0 amide bonds. The van der Waals surface area contributed by atoms with Gasteiger partial charge in [0.15, 0.2) is 0 Å². The van der Waals surface area contributed by atoms with Gasteiger partial charge in [0.25, 0.3) is 0 Å². The number of hydrogen-bond acceptors (Lipinski definition) is 12. The number of thiazole rings is 1. The quantitative estimate of drug-likeness (QED) is 0.0337. The van der Waals surface area contributed by atoms with Crippen LogP contribution in [0.5, 0.6) is 23.0 Å². The van der Waals surface area contributed by atoms with Gasteiger partial charge in [0, 0.05) is 28.7 Å². The Kier molecular flexibility index (Phi) is 17.4. The lowest BCUT2D eigenvalue weighted by Crippen LogP contribution is -2.49. The van der Waals surface area contributed by atoms with Gasteiger partial charge in [-0.3, -0.25) is 15.0 Å². The van der Waals surface area contributed by atoms with Gasteiger partial charge in [0.2, 0.25) is 5.13 Å². The number of aldehydes is 2. The van der Waals surface area contributed by atoms with Crippen molar-refractivity contribution in [3.05, 3.63) is 120 Å². The number of carbonyl (C=O) groups is 3. The van der Waals surface area contributed by atoms with Crippen molar-refractivity contribution in [1.82, 2.24) is 4.98 Å². The summed E-state index contributed by atoms with van der Waals surface area (Å²) < 4.78 is 29.0. The second-order valence-corrected chi connectivity index (χ2v) is 16.1. The van der Waals surface area contributed by atoms with Crippen molar-refractivity contribution < 1.29 is 38.1 Å². The maximum absolute atomic E-state index is 11.5. The summed E-state index contributed by atoms with van der Waals surface area (Å²) >= 11 is 1.57. The van der Waals surface area contributed by atoms with E-state index in [9.17, 15) is 14.4 Å². The SMILES string of the molecule is C=CC(=O)OC(C)(C)C(C)C(C)(C)Oc1ccc(C=O)cc1.CCC(C)(C)Oc1ccc(C=O)cc1.COc1ccc(OC)c(/C(C)=N/Nc2nc3ccccc3s2)c1. The molecule has 0 aliphatic carbocycles. The molecule has 59 heavy (non-hydrogen) atoms. The number of rotatable bonds is 16. The molecule has 5 rings (SSSR count). The number of para-hydroxylation sites is 1. The third-order valence-electron chi connectivity index (χ3n) is 9.68. The standard InChI is InChI=1S/C18H24O4.C17H17N3O2S.C12H16O2/c1-7-16(20)22-18(5,6)13(2)17(3,4)21-15-10-8-14(12-19)9-11-15;1-11(13-10-12(21-2)8-9-15(13)22-3)19-20-17-18-14-6-4-5-7-16(14)23-17;1-4-12(2,3)14-11-7-5-10(9-13)6-8-11/h7-13H,1H2,2-6H3;4-10H,1-3H3,(H,18,20);5-9H,4H2,1-3H3/b;19-11+;. The summed E-state index contributed by atoms with van der Waals surface area (Å²) in [7, 11) is 3.27. The lowest BCUT2D eigenvalue weighted by molar-refractivity contribution is -0.162. The summed E-state index contributed by atoms with van der Waals surface area (Å²) in [5, 5.41) is 5.18. The Hall–Kier alpha value is -6.01. The normalized spacial score (nSPS) is 12.0. The van der Waals surface area contributed by atoms with Gasteiger partial charge in [-0.1, -0.05) is 43.9 Å². The molecule has 1 N–H and O–H groups in total. The summed E-state index contributed by atoms with van der Waals surface area (Å²) in [5.41, 5.74) is 5.48. The first-order chi connectivity index (χ1) is 27.9. The molecule has 1 aromatic heterocycles. The third kappa shape index (κ3) is 14.4. The molecule has 0 saturated carbocycles. The molecule has 0 fully saturated rings. The summed E-state index contributed by atoms with van der Waals surface area (Å²) in [6, 6.07) is 27.7. The van der Waals surface area contributed by atoms with Crippen LogP contribution >= 0.6 is 11.3 Å². The Bertz CT molecular complexity index is 2140. The topological polar surface area (TPSA) is 135 Å². The molecule has 0 spiro atoms. The lowest BCUT2D eigenvalue weighted by atomic mass is 9.80. The highest BCUT2D eigenvalue weighted by Gasteiger charge is 2.41. The van der Waals surface area contributed by atoms with Gasteiger partial charge in [0.05, 0.1) is 30.1 Å². The number of hydrogen-bond donors (Lipinski definition) is 1. The summed E-state index contributed by atoms with van der Waals surface area (Å²) in [6.45, 7) is 21.0. The molecule has 12 heteroatoms. The van der Waals surface area contributed by atoms with Crippen LogP contribution in [0, 0.1) is 5.92 Å².